The fourth-order valence-electron chi connectivity index (χ4n) is 2.38. The summed E-state index contributed by atoms with van der Waals surface area (Å²) >= 11 is 5.45. The van der Waals surface area contributed by atoms with Crippen molar-refractivity contribution in [2.24, 2.45) is 0 Å². The minimum absolute atomic E-state index is 0.282. The molecule has 20 heavy (non-hydrogen) atoms. The highest BCUT2D eigenvalue weighted by molar-refractivity contribution is 9.10. The number of methoxy groups -OCH3 is 1. The fourth-order valence-corrected chi connectivity index (χ4v) is 3.88. The standard InChI is InChI=1S/C16H20BrNOS/c1-10-8-13(12(3)20-10)11(2)18-16-7-5-6-15(17)14(16)9-19-4/h5-8,11,18H,9H2,1-4H3. The molecule has 4 heteroatoms. The van der Waals surface area contributed by atoms with Gasteiger partial charge in [-0.25, -0.2) is 0 Å². The topological polar surface area (TPSA) is 21.3 Å². The van der Waals surface area contributed by atoms with Crippen LogP contribution in [0.25, 0.3) is 0 Å². The molecule has 0 aliphatic rings. The summed E-state index contributed by atoms with van der Waals surface area (Å²) in [6, 6.07) is 8.74. The highest BCUT2D eigenvalue weighted by atomic mass is 79.9. The molecule has 0 radical (unpaired) electrons. The largest absolute Gasteiger partial charge is 0.380 e. The molecule has 0 amide bonds. The molecule has 2 aromatic rings. The fraction of sp³-hybridized carbons (Fsp3) is 0.375. The Balaban J connectivity index is 2.25. The van der Waals surface area contributed by atoms with Crippen molar-refractivity contribution >= 4 is 33.0 Å². The van der Waals surface area contributed by atoms with E-state index in [9.17, 15) is 0 Å². The molecule has 0 aliphatic heterocycles. The third-order valence-electron chi connectivity index (χ3n) is 3.33. The smallest absolute Gasteiger partial charge is 0.0744 e. The van der Waals surface area contributed by atoms with Gasteiger partial charge in [-0.1, -0.05) is 22.0 Å². The number of hydrogen-bond acceptors (Lipinski definition) is 3. The second kappa shape index (κ2) is 6.74. The molecule has 1 aromatic heterocycles. The van der Waals surface area contributed by atoms with Crippen molar-refractivity contribution in [3.05, 3.63) is 49.6 Å². The molecule has 1 N–H and O–H groups in total. The highest BCUT2D eigenvalue weighted by Gasteiger charge is 2.14. The number of benzene rings is 1. The number of thiophene rings is 1. The van der Waals surface area contributed by atoms with E-state index in [4.69, 9.17) is 4.74 Å². The van der Waals surface area contributed by atoms with Crippen LogP contribution >= 0.6 is 27.3 Å². The molecule has 0 saturated carbocycles. The predicted molar refractivity (Wildman–Crippen MR) is 90.7 cm³/mol. The van der Waals surface area contributed by atoms with Crippen LogP contribution in [0.2, 0.25) is 0 Å². The maximum absolute atomic E-state index is 5.30. The summed E-state index contributed by atoms with van der Waals surface area (Å²) in [5.41, 5.74) is 3.65. The van der Waals surface area contributed by atoms with Crippen molar-refractivity contribution in [1.82, 2.24) is 0 Å². The van der Waals surface area contributed by atoms with Crippen LogP contribution in [-0.2, 0) is 11.3 Å². The van der Waals surface area contributed by atoms with Gasteiger partial charge in [-0.05, 0) is 44.5 Å². The van der Waals surface area contributed by atoms with Gasteiger partial charge in [0.2, 0.25) is 0 Å². The number of aryl methyl sites for hydroxylation is 2. The van der Waals surface area contributed by atoms with E-state index >= 15 is 0 Å². The van der Waals surface area contributed by atoms with Crippen LogP contribution in [-0.4, -0.2) is 7.11 Å². The normalized spacial score (nSPS) is 12.4. The number of anilines is 1. The molecule has 1 aromatic carbocycles. The van der Waals surface area contributed by atoms with Gasteiger partial charge in [0, 0.05) is 38.6 Å². The molecule has 1 atom stereocenters. The zero-order chi connectivity index (χ0) is 14.7. The van der Waals surface area contributed by atoms with Gasteiger partial charge in [-0.2, -0.15) is 0 Å². The van der Waals surface area contributed by atoms with Crippen molar-refractivity contribution in [2.75, 3.05) is 12.4 Å². The lowest BCUT2D eigenvalue weighted by Crippen LogP contribution is -2.09. The van der Waals surface area contributed by atoms with Gasteiger partial charge in [0.05, 0.1) is 6.61 Å². The zero-order valence-electron chi connectivity index (χ0n) is 12.3. The Hall–Kier alpha value is -0.840. The summed E-state index contributed by atoms with van der Waals surface area (Å²) in [5, 5.41) is 3.60. The quantitative estimate of drug-likeness (QED) is 0.771. The molecule has 0 saturated heterocycles. The van der Waals surface area contributed by atoms with Gasteiger partial charge < -0.3 is 10.1 Å². The van der Waals surface area contributed by atoms with Gasteiger partial charge in [-0.15, -0.1) is 11.3 Å². The summed E-state index contributed by atoms with van der Waals surface area (Å²) < 4.78 is 6.38. The molecule has 0 spiro atoms. The minimum atomic E-state index is 0.282. The summed E-state index contributed by atoms with van der Waals surface area (Å²) in [6.07, 6.45) is 0. The molecule has 0 fully saturated rings. The van der Waals surface area contributed by atoms with Gasteiger partial charge in [0.1, 0.15) is 0 Å². The second-order valence-corrected chi connectivity index (χ2v) is 7.25. The third kappa shape index (κ3) is 3.43. The van der Waals surface area contributed by atoms with E-state index in [2.05, 4.69) is 54.2 Å². The Morgan fingerprint density at radius 3 is 2.70 bits per heavy atom. The molecule has 0 bridgehead atoms. The van der Waals surface area contributed by atoms with E-state index in [1.807, 2.05) is 23.5 Å². The van der Waals surface area contributed by atoms with E-state index in [0.717, 1.165) is 15.7 Å². The van der Waals surface area contributed by atoms with Crippen molar-refractivity contribution in [3.8, 4) is 0 Å². The third-order valence-corrected chi connectivity index (χ3v) is 5.05. The number of halogens is 1. The summed E-state index contributed by atoms with van der Waals surface area (Å²) in [5.74, 6) is 0. The number of ether oxygens (including phenoxy) is 1. The van der Waals surface area contributed by atoms with Gasteiger partial charge in [-0.3, -0.25) is 0 Å². The highest BCUT2D eigenvalue weighted by Crippen LogP contribution is 2.32. The first-order valence-electron chi connectivity index (χ1n) is 6.62. The lowest BCUT2D eigenvalue weighted by atomic mass is 10.1. The van der Waals surface area contributed by atoms with E-state index in [0.29, 0.717) is 6.61 Å². The molecule has 108 valence electrons. The van der Waals surface area contributed by atoms with E-state index in [1.54, 1.807) is 7.11 Å². The van der Waals surface area contributed by atoms with Crippen LogP contribution in [0.5, 0.6) is 0 Å². The summed E-state index contributed by atoms with van der Waals surface area (Å²) in [7, 11) is 1.72. The second-order valence-electron chi connectivity index (χ2n) is 4.93. The minimum Gasteiger partial charge on any atom is -0.380 e. The lowest BCUT2D eigenvalue weighted by Gasteiger charge is -2.19. The van der Waals surface area contributed by atoms with E-state index in [-0.39, 0.29) is 6.04 Å². The van der Waals surface area contributed by atoms with Crippen LogP contribution in [0.15, 0.2) is 28.7 Å². The van der Waals surface area contributed by atoms with Gasteiger partial charge in [0.15, 0.2) is 0 Å². The lowest BCUT2D eigenvalue weighted by molar-refractivity contribution is 0.185. The summed E-state index contributed by atoms with van der Waals surface area (Å²) in [6.45, 7) is 7.13. The number of nitrogens with one attached hydrogen (secondary N) is 1. The molecule has 2 rings (SSSR count). The molecule has 2 nitrogen and oxygen atoms in total. The SMILES string of the molecule is COCc1c(Br)cccc1NC(C)c1cc(C)sc1C. The Bertz CT molecular complexity index is 594. The molecule has 0 aliphatic carbocycles. The van der Waals surface area contributed by atoms with Crippen LogP contribution in [0.3, 0.4) is 0 Å². The van der Waals surface area contributed by atoms with Gasteiger partial charge in [0.25, 0.3) is 0 Å². The maximum atomic E-state index is 5.30. The van der Waals surface area contributed by atoms with Crippen LogP contribution < -0.4 is 5.32 Å². The average Bonchev–Trinajstić information content (AvgIpc) is 2.73. The molecular formula is C16H20BrNOS. The van der Waals surface area contributed by atoms with Crippen LogP contribution in [0.4, 0.5) is 5.69 Å². The first-order valence-corrected chi connectivity index (χ1v) is 8.23. The first kappa shape index (κ1) is 15.5. The number of hydrogen-bond donors (Lipinski definition) is 1. The Morgan fingerprint density at radius 2 is 2.10 bits per heavy atom. The predicted octanol–water partition coefficient (Wildman–Crippen LogP) is 5.45. The van der Waals surface area contributed by atoms with Crippen LogP contribution in [0, 0.1) is 13.8 Å². The van der Waals surface area contributed by atoms with Gasteiger partial charge >= 0.3 is 0 Å². The zero-order valence-corrected chi connectivity index (χ0v) is 14.7. The van der Waals surface area contributed by atoms with Crippen molar-refractivity contribution in [3.63, 3.8) is 0 Å². The Morgan fingerprint density at radius 1 is 1.35 bits per heavy atom. The van der Waals surface area contributed by atoms with Crippen LogP contribution in [0.1, 0.15) is 33.8 Å². The number of rotatable bonds is 5. The molecule has 1 unspecified atom stereocenters. The van der Waals surface area contributed by atoms with Crippen molar-refractivity contribution in [2.45, 2.75) is 33.4 Å². The van der Waals surface area contributed by atoms with Crippen molar-refractivity contribution < 1.29 is 4.74 Å². The van der Waals surface area contributed by atoms with E-state index in [1.165, 1.54) is 15.3 Å². The van der Waals surface area contributed by atoms with E-state index < -0.39 is 0 Å². The molecule has 1 heterocycles. The molecular weight excluding hydrogens is 334 g/mol. The maximum Gasteiger partial charge on any atom is 0.0744 e. The first-order chi connectivity index (χ1) is 9.52. The average molecular weight is 354 g/mol. The summed E-state index contributed by atoms with van der Waals surface area (Å²) in [4.78, 5) is 2.74. The Labute approximate surface area is 133 Å². The Kier molecular flexibility index (Phi) is 5.24. The monoisotopic (exact) mass is 353 g/mol. The van der Waals surface area contributed by atoms with Crippen molar-refractivity contribution in [1.29, 1.82) is 0 Å².